The fourth-order valence-corrected chi connectivity index (χ4v) is 5.62. The number of Topliss-reactive ketones (excluding diaryl/α,β-unsaturated/α-hetero) is 1. The van der Waals surface area contributed by atoms with Crippen LogP contribution in [0, 0.1) is 17.8 Å². The number of ether oxygens (including phenoxy) is 3. The number of esters is 1. The van der Waals surface area contributed by atoms with Crippen molar-refractivity contribution in [1.29, 1.82) is 0 Å². The average molecular weight is 354 g/mol. The third kappa shape index (κ3) is 1.95. The van der Waals surface area contributed by atoms with E-state index in [1.165, 1.54) is 6.92 Å². The monoisotopic (exact) mass is 354 g/mol. The Morgan fingerprint density at radius 2 is 1.76 bits per heavy atom. The molecule has 0 unspecified atom stereocenters. The molecule has 0 radical (unpaired) electrons. The van der Waals surface area contributed by atoms with Crippen molar-refractivity contribution in [2.45, 2.75) is 82.3 Å². The van der Waals surface area contributed by atoms with Crippen molar-refractivity contribution >= 4 is 11.8 Å². The standard InChI is InChI=1S/C18H26O7/c1-8-10(19)6-9-12(8)13-18(22)11(7-16(9,4)21)24-15(2,3)25-17(18,5)14(20)23-13/h8-9,11-13,21-22H,6-7H2,1-5H3/t8-,9-,11-,12+,13-,16-,17+,18+/m0/s1. The quantitative estimate of drug-likeness (QED) is 0.612. The zero-order chi connectivity index (χ0) is 18.6. The largest absolute Gasteiger partial charge is 0.456 e. The molecule has 7 nitrogen and oxygen atoms in total. The van der Waals surface area contributed by atoms with Crippen LogP contribution in [0.4, 0.5) is 0 Å². The lowest BCUT2D eigenvalue weighted by Crippen LogP contribution is -2.72. The van der Waals surface area contributed by atoms with Gasteiger partial charge in [0, 0.05) is 30.6 Å². The first-order valence-corrected chi connectivity index (χ1v) is 8.90. The first-order valence-electron chi connectivity index (χ1n) is 8.90. The Labute approximate surface area is 146 Å². The summed E-state index contributed by atoms with van der Waals surface area (Å²) in [4.78, 5) is 25.1. The van der Waals surface area contributed by atoms with Crippen molar-refractivity contribution < 1.29 is 34.0 Å². The molecule has 0 aromatic heterocycles. The van der Waals surface area contributed by atoms with Crippen molar-refractivity contribution in [2.24, 2.45) is 17.8 Å². The molecular formula is C18H26O7. The Morgan fingerprint density at radius 3 is 2.40 bits per heavy atom. The summed E-state index contributed by atoms with van der Waals surface area (Å²) < 4.78 is 17.5. The highest BCUT2D eigenvalue weighted by Crippen LogP contribution is 2.60. The van der Waals surface area contributed by atoms with E-state index in [-0.39, 0.29) is 18.6 Å². The average Bonchev–Trinajstić information content (AvgIpc) is 2.83. The van der Waals surface area contributed by atoms with E-state index in [9.17, 15) is 19.8 Å². The minimum Gasteiger partial charge on any atom is -0.456 e. The Hall–Kier alpha value is -1.02. The molecule has 4 fully saturated rings. The SMILES string of the molecule is C[C@H]1C(=O)C[C@H]2[C@@H]1[C@@H]1OC(=O)[C@@]3(C)OC(C)(C)O[C@@H](C[C@]2(C)O)[C@@]13O. The van der Waals surface area contributed by atoms with E-state index >= 15 is 0 Å². The van der Waals surface area contributed by atoms with Gasteiger partial charge in [0.2, 0.25) is 0 Å². The number of hydrogen-bond donors (Lipinski definition) is 2. The van der Waals surface area contributed by atoms with Gasteiger partial charge in [-0.15, -0.1) is 0 Å². The van der Waals surface area contributed by atoms with E-state index < -0.39 is 58.5 Å². The molecule has 7 heteroatoms. The summed E-state index contributed by atoms with van der Waals surface area (Å²) in [5.41, 5.74) is -4.60. The Kier molecular flexibility index (Phi) is 3.22. The number of ketones is 1. The van der Waals surface area contributed by atoms with Gasteiger partial charge in [-0.3, -0.25) is 4.79 Å². The second-order valence-corrected chi connectivity index (χ2v) is 9.00. The van der Waals surface area contributed by atoms with Gasteiger partial charge in [-0.2, -0.15) is 0 Å². The molecule has 2 aliphatic heterocycles. The van der Waals surface area contributed by atoms with Gasteiger partial charge in [0.15, 0.2) is 17.0 Å². The zero-order valence-electron chi connectivity index (χ0n) is 15.2. The van der Waals surface area contributed by atoms with Gasteiger partial charge in [-0.1, -0.05) is 6.92 Å². The van der Waals surface area contributed by atoms with Crippen LogP contribution in [0.2, 0.25) is 0 Å². The van der Waals surface area contributed by atoms with Crippen LogP contribution >= 0.6 is 0 Å². The summed E-state index contributed by atoms with van der Waals surface area (Å²) in [6, 6.07) is 0. The molecule has 8 atom stereocenters. The number of fused-ring (bicyclic) bond motifs is 2. The van der Waals surface area contributed by atoms with Gasteiger partial charge in [0.1, 0.15) is 11.9 Å². The van der Waals surface area contributed by atoms with E-state index in [1.807, 2.05) is 0 Å². The minimum absolute atomic E-state index is 0.0138. The van der Waals surface area contributed by atoms with E-state index in [1.54, 1.807) is 27.7 Å². The highest BCUT2D eigenvalue weighted by atomic mass is 16.8. The molecule has 2 saturated carbocycles. The molecule has 4 rings (SSSR count). The molecule has 2 N–H and O–H groups in total. The third-order valence-corrected chi connectivity index (χ3v) is 6.91. The van der Waals surface area contributed by atoms with Crippen LogP contribution in [0.5, 0.6) is 0 Å². The highest BCUT2D eigenvalue weighted by Gasteiger charge is 2.78. The molecule has 0 amide bonds. The van der Waals surface area contributed by atoms with Crippen LogP contribution in [-0.4, -0.2) is 56.8 Å². The van der Waals surface area contributed by atoms with Gasteiger partial charge >= 0.3 is 5.97 Å². The van der Waals surface area contributed by atoms with Crippen LogP contribution in [0.15, 0.2) is 0 Å². The normalized spacial score (nSPS) is 56.8. The molecule has 2 saturated heterocycles. The van der Waals surface area contributed by atoms with Gasteiger partial charge in [-0.25, -0.2) is 4.79 Å². The molecule has 0 spiro atoms. The summed E-state index contributed by atoms with van der Waals surface area (Å²) in [5.74, 6) is -3.05. The second kappa shape index (κ2) is 4.63. The van der Waals surface area contributed by atoms with E-state index in [0.717, 1.165) is 0 Å². The molecule has 0 aromatic carbocycles. The van der Waals surface area contributed by atoms with Crippen LogP contribution in [0.1, 0.15) is 47.5 Å². The van der Waals surface area contributed by atoms with Gasteiger partial charge in [-0.05, 0) is 27.7 Å². The van der Waals surface area contributed by atoms with E-state index in [2.05, 4.69) is 0 Å². The zero-order valence-corrected chi connectivity index (χ0v) is 15.2. The predicted molar refractivity (Wildman–Crippen MR) is 84.3 cm³/mol. The fourth-order valence-electron chi connectivity index (χ4n) is 5.62. The number of carbonyl (C=O) groups is 2. The Balaban J connectivity index is 1.91. The lowest BCUT2D eigenvalue weighted by atomic mass is 9.71. The number of aliphatic hydroxyl groups is 2. The molecule has 2 heterocycles. The smallest absolute Gasteiger partial charge is 0.341 e. The van der Waals surface area contributed by atoms with Crippen LogP contribution in [-0.2, 0) is 23.8 Å². The lowest BCUT2D eigenvalue weighted by molar-refractivity contribution is -0.383. The van der Waals surface area contributed by atoms with Crippen LogP contribution in [0.3, 0.4) is 0 Å². The number of hydrogen-bond acceptors (Lipinski definition) is 7. The summed E-state index contributed by atoms with van der Waals surface area (Å²) in [5, 5.41) is 22.8. The number of rotatable bonds is 0. The maximum atomic E-state index is 12.7. The maximum Gasteiger partial charge on any atom is 0.341 e. The van der Waals surface area contributed by atoms with Crippen LogP contribution in [0.25, 0.3) is 0 Å². The molecule has 25 heavy (non-hydrogen) atoms. The maximum absolute atomic E-state index is 12.7. The third-order valence-electron chi connectivity index (χ3n) is 6.91. The van der Waals surface area contributed by atoms with Crippen molar-refractivity contribution in [2.75, 3.05) is 0 Å². The summed E-state index contributed by atoms with van der Waals surface area (Å²) in [7, 11) is 0. The summed E-state index contributed by atoms with van der Waals surface area (Å²) in [6.45, 7) is 8.30. The lowest BCUT2D eigenvalue weighted by Gasteiger charge is -2.52. The molecular weight excluding hydrogens is 328 g/mol. The van der Waals surface area contributed by atoms with E-state index in [4.69, 9.17) is 14.2 Å². The molecule has 2 aliphatic carbocycles. The van der Waals surface area contributed by atoms with Crippen molar-refractivity contribution in [1.82, 2.24) is 0 Å². The fraction of sp³-hybridized carbons (Fsp3) is 0.889. The van der Waals surface area contributed by atoms with E-state index in [0.29, 0.717) is 0 Å². The van der Waals surface area contributed by atoms with Gasteiger partial charge < -0.3 is 24.4 Å². The molecule has 140 valence electrons. The minimum atomic E-state index is -1.76. The topological polar surface area (TPSA) is 102 Å². The highest BCUT2D eigenvalue weighted by molar-refractivity contribution is 5.87. The molecule has 0 aromatic rings. The number of carbonyl (C=O) groups excluding carboxylic acids is 2. The Morgan fingerprint density at radius 1 is 1.12 bits per heavy atom. The summed E-state index contributed by atoms with van der Waals surface area (Å²) >= 11 is 0. The first-order chi connectivity index (χ1) is 11.3. The predicted octanol–water partition coefficient (Wildman–Crippen LogP) is 0.549. The molecule has 0 bridgehead atoms. The van der Waals surface area contributed by atoms with Crippen LogP contribution < -0.4 is 0 Å². The van der Waals surface area contributed by atoms with Crippen molar-refractivity contribution in [3.05, 3.63) is 0 Å². The van der Waals surface area contributed by atoms with Crippen molar-refractivity contribution in [3.63, 3.8) is 0 Å². The van der Waals surface area contributed by atoms with Gasteiger partial charge in [0.25, 0.3) is 0 Å². The first kappa shape index (κ1) is 17.4. The second-order valence-electron chi connectivity index (χ2n) is 9.00. The van der Waals surface area contributed by atoms with Crippen molar-refractivity contribution in [3.8, 4) is 0 Å². The van der Waals surface area contributed by atoms with Gasteiger partial charge in [0.05, 0.1) is 11.7 Å². The Bertz CT molecular complexity index is 656. The molecule has 4 aliphatic rings. The summed E-state index contributed by atoms with van der Waals surface area (Å²) in [6.07, 6.45) is -1.50.